The Hall–Kier alpha value is -1.63. The molecule has 1 atom stereocenters. The molecule has 0 bridgehead atoms. The van der Waals surface area contributed by atoms with Gasteiger partial charge in [0.1, 0.15) is 6.23 Å². The van der Waals surface area contributed by atoms with Crippen molar-refractivity contribution in [3.05, 3.63) is 57.7 Å². The molecule has 4 aromatic rings. The number of hydrogen-bond donors (Lipinski definition) is 0. The second-order valence-corrected chi connectivity index (χ2v) is 8.49. The van der Waals surface area contributed by atoms with Gasteiger partial charge >= 0.3 is 0 Å². The highest BCUT2D eigenvalue weighted by molar-refractivity contribution is 9.10. The first kappa shape index (κ1) is 16.5. The van der Waals surface area contributed by atoms with Gasteiger partial charge in [0.2, 0.25) is 0 Å². The fourth-order valence-corrected chi connectivity index (χ4v) is 4.50. The van der Waals surface area contributed by atoms with E-state index in [1.165, 1.54) is 28.2 Å². The topological polar surface area (TPSA) is 32.0 Å². The summed E-state index contributed by atoms with van der Waals surface area (Å²) in [6.45, 7) is 0.817. The second kappa shape index (κ2) is 6.51. The molecule has 0 spiro atoms. The highest BCUT2D eigenvalue weighted by atomic mass is 79.9. The Morgan fingerprint density at radius 3 is 2.27 bits per heavy atom. The van der Waals surface area contributed by atoms with E-state index in [1.54, 1.807) is 0 Å². The molecule has 6 heteroatoms. The van der Waals surface area contributed by atoms with Crippen molar-refractivity contribution in [1.82, 2.24) is 14.3 Å². The molecule has 132 valence electrons. The van der Waals surface area contributed by atoms with Gasteiger partial charge in [-0.15, -0.1) is 0 Å². The van der Waals surface area contributed by atoms with Gasteiger partial charge in [0.05, 0.1) is 29.1 Å². The van der Waals surface area contributed by atoms with Crippen molar-refractivity contribution in [2.45, 2.75) is 25.5 Å². The minimum absolute atomic E-state index is 0.0499. The standard InChI is InChI=1S/C20H17Br2N3O/c21-13-4-6-18-16(9-13)17-10-14(22)5-7-19(17)25(18)15-11-23-24(12-15)20-3-1-2-8-26-20/h4-7,9-12,20H,1-3,8H2. The lowest BCUT2D eigenvalue weighted by Gasteiger charge is -2.22. The summed E-state index contributed by atoms with van der Waals surface area (Å²) in [6, 6.07) is 12.8. The summed E-state index contributed by atoms with van der Waals surface area (Å²) >= 11 is 7.21. The Labute approximate surface area is 168 Å². The van der Waals surface area contributed by atoms with Crippen LogP contribution in [0, 0.1) is 0 Å². The zero-order valence-electron chi connectivity index (χ0n) is 14.0. The van der Waals surface area contributed by atoms with Crippen LogP contribution in [0.25, 0.3) is 27.5 Å². The summed E-state index contributed by atoms with van der Waals surface area (Å²) in [6.07, 6.45) is 7.43. The molecule has 26 heavy (non-hydrogen) atoms. The van der Waals surface area contributed by atoms with Crippen LogP contribution in [0.3, 0.4) is 0 Å². The molecule has 1 unspecified atom stereocenters. The Bertz CT molecular complexity index is 1050. The molecule has 5 rings (SSSR count). The summed E-state index contributed by atoms with van der Waals surface area (Å²) in [4.78, 5) is 0. The third kappa shape index (κ3) is 2.71. The molecule has 0 amide bonds. The van der Waals surface area contributed by atoms with Crippen LogP contribution in [0.4, 0.5) is 0 Å². The predicted octanol–water partition coefficient (Wildman–Crippen LogP) is 6.20. The quantitative estimate of drug-likeness (QED) is 0.346. The minimum atomic E-state index is 0.0499. The molecule has 0 radical (unpaired) electrons. The van der Waals surface area contributed by atoms with Gasteiger partial charge in [-0.05, 0) is 55.7 Å². The van der Waals surface area contributed by atoms with Gasteiger partial charge in [-0.3, -0.25) is 0 Å². The van der Waals surface area contributed by atoms with E-state index in [-0.39, 0.29) is 6.23 Å². The van der Waals surface area contributed by atoms with Gasteiger partial charge in [-0.1, -0.05) is 31.9 Å². The minimum Gasteiger partial charge on any atom is -0.357 e. The van der Waals surface area contributed by atoms with Crippen molar-refractivity contribution >= 4 is 53.7 Å². The molecule has 0 N–H and O–H groups in total. The third-order valence-corrected chi connectivity index (χ3v) is 5.97. The van der Waals surface area contributed by atoms with E-state index in [0.29, 0.717) is 0 Å². The van der Waals surface area contributed by atoms with Crippen molar-refractivity contribution in [2.24, 2.45) is 0 Å². The van der Waals surface area contributed by atoms with E-state index in [2.05, 4.69) is 84.1 Å². The number of benzene rings is 2. The molecule has 2 aromatic heterocycles. The van der Waals surface area contributed by atoms with Gasteiger partial charge in [-0.2, -0.15) is 5.10 Å². The second-order valence-electron chi connectivity index (χ2n) is 6.66. The zero-order valence-corrected chi connectivity index (χ0v) is 17.2. The lowest BCUT2D eigenvalue weighted by atomic mass is 10.2. The Balaban J connectivity index is 1.72. The van der Waals surface area contributed by atoms with Crippen LogP contribution < -0.4 is 0 Å². The first-order valence-electron chi connectivity index (χ1n) is 8.76. The Morgan fingerprint density at radius 2 is 1.65 bits per heavy atom. The summed E-state index contributed by atoms with van der Waals surface area (Å²) in [5.74, 6) is 0. The van der Waals surface area contributed by atoms with Crippen LogP contribution in [-0.4, -0.2) is 21.0 Å². The number of fused-ring (bicyclic) bond motifs is 3. The van der Waals surface area contributed by atoms with Crippen molar-refractivity contribution in [3.8, 4) is 5.69 Å². The average molecular weight is 475 g/mol. The van der Waals surface area contributed by atoms with Crippen LogP contribution in [0.15, 0.2) is 57.7 Å². The summed E-state index contributed by atoms with van der Waals surface area (Å²) in [5.41, 5.74) is 3.40. The monoisotopic (exact) mass is 473 g/mol. The van der Waals surface area contributed by atoms with Crippen molar-refractivity contribution < 1.29 is 4.74 Å². The molecule has 2 aromatic carbocycles. The highest BCUT2D eigenvalue weighted by Crippen LogP contribution is 2.35. The molecular formula is C20H17Br2N3O. The maximum atomic E-state index is 5.88. The fourth-order valence-electron chi connectivity index (χ4n) is 3.78. The van der Waals surface area contributed by atoms with Gasteiger partial charge in [0.15, 0.2) is 0 Å². The molecule has 1 aliphatic heterocycles. The van der Waals surface area contributed by atoms with E-state index in [9.17, 15) is 0 Å². The number of rotatable bonds is 2. The van der Waals surface area contributed by atoms with E-state index in [1.807, 2.05) is 10.9 Å². The van der Waals surface area contributed by atoms with E-state index >= 15 is 0 Å². The van der Waals surface area contributed by atoms with Crippen LogP contribution in [0.5, 0.6) is 0 Å². The van der Waals surface area contributed by atoms with E-state index in [4.69, 9.17) is 4.74 Å². The summed E-state index contributed by atoms with van der Waals surface area (Å²) in [7, 11) is 0. The Morgan fingerprint density at radius 1 is 0.962 bits per heavy atom. The number of hydrogen-bond acceptors (Lipinski definition) is 2. The molecule has 3 heterocycles. The van der Waals surface area contributed by atoms with Crippen molar-refractivity contribution in [3.63, 3.8) is 0 Å². The normalized spacial score (nSPS) is 18.0. The van der Waals surface area contributed by atoms with Crippen molar-refractivity contribution in [2.75, 3.05) is 6.61 Å². The summed E-state index contributed by atoms with van der Waals surface area (Å²) in [5, 5.41) is 7.04. The lowest BCUT2D eigenvalue weighted by molar-refractivity contribution is -0.0394. The molecule has 1 fully saturated rings. The van der Waals surface area contributed by atoms with E-state index < -0.39 is 0 Å². The fraction of sp³-hybridized carbons (Fsp3) is 0.250. The first-order valence-corrected chi connectivity index (χ1v) is 10.3. The molecule has 0 aliphatic carbocycles. The first-order chi connectivity index (χ1) is 12.7. The average Bonchev–Trinajstić information content (AvgIpc) is 3.25. The van der Waals surface area contributed by atoms with Crippen LogP contribution in [-0.2, 0) is 4.74 Å². The van der Waals surface area contributed by atoms with E-state index in [0.717, 1.165) is 34.1 Å². The third-order valence-electron chi connectivity index (χ3n) is 4.99. The smallest absolute Gasteiger partial charge is 0.150 e. The SMILES string of the molecule is Brc1ccc2c(c1)c1cc(Br)ccc1n2-c1cnn(C2CCCCO2)c1. The maximum absolute atomic E-state index is 5.88. The van der Waals surface area contributed by atoms with Gasteiger partial charge in [0.25, 0.3) is 0 Å². The molecule has 4 nitrogen and oxygen atoms in total. The zero-order chi connectivity index (χ0) is 17.7. The van der Waals surface area contributed by atoms with Crippen LogP contribution in [0.1, 0.15) is 25.5 Å². The number of aromatic nitrogens is 3. The van der Waals surface area contributed by atoms with Gasteiger partial charge < -0.3 is 9.30 Å². The van der Waals surface area contributed by atoms with Gasteiger partial charge in [-0.25, -0.2) is 4.68 Å². The predicted molar refractivity (Wildman–Crippen MR) is 111 cm³/mol. The molecule has 1 aliphatic rings. The number of nitrogens with zero attached hydrogens (tertiary/aromatic N) is 3. The Kier molecular flexibility index (Phi) is 4.14. The maximum Gasteiger partial charge on any atom is 0.150 e. The number of ether oxygens (including phenoxy) is 1. The van der Waals surface area contributed by atoms with Crippen molar-refractivity contribution in [1.29, 1.82) is 0 Å². The van der Waals surface area contributed by atoms with Gasteiger partial charge in [0, 0.05) is 26.3 Å². The highest BCUT2D eigenvalue weighted by Gasteiger charge is 2.19. The number of halogens is 2. The van der Waals surface area contributed by atoms with Crippen LogP contribution >= 0.6 is 31.9 Å². The molecular weight excluding hydrogens is 458 g/mol. The largest absolute Gasteiger partial charge is 0.357 e. The lowest BCUT2D eigenvalue weighted by Crippen LogP contribution is -2.18. The summed E-state index contributed by atoms with van der Waals surface area (Å²) < 4.78 is 12.3. The molecule has 1 saturated heterocycles. The molecule has 0 saturated carbocycles. The van der Waals surface area contributed by atoms with Crippen LogP contribution in [0.2, 0.25) is 0 Å².